The van der Waals surface area contributed by atoms with Crippen LogP contribution in [0.15, 0.2) is 23.8 Å². The minimum atomic E-state index is 0.693. The van der Waals surface area contributed by atoms with Crippen molar-refractivity contribution in [1.82, 2.24) is 0 Å². The normalized spacial score (nSPS) is 15.6. The standard InChI is InChI=1S/C16H30/c1-4-7-9-10-11-12-15-16(13-6-3)14-8-5-2/h11-12,14H,4-10,13,15H2,1-3H3/i12D,14D. The van der Waals surface area contributed by atoms with Gasteiger partial charge in [0, 0.05) is 0 Å². The van der Waals surface area contributed by atoms with Gasteiger partial charge in [-0.05, 0) is 32.1 Å². The van der Waals surface area contributed by atoms with Crippen LogP contribution < -0.4 is 0 Å². The lowest BCUT2D eigenvalue weighted by Gasteiger charge is -2.02. The zero-order valence-corrected chi connectivity index (χ0v) is 11.4. The Balaban J connectivity index is 4.34. The summed E-state index contributed by atoms with van der Waals surface area (Å²) in [4.78, 5) is 0. The molecule has 16 heavy (non-hydrogen) atoms. The van der Waals surface area contributed by atoms with Gasteiger partial charge in [0.1, 0.15) is 0 Å². The molecule has 0 unspecified atom stereocenters. The summed E-state index contributed by atoms with van der Waals surface area (Å²) in [5.74, 6) is 0. The highest BCUT2D eigenvalue weighted by Gasteiger charge is 1.92. The molecule has 0 N–H and O–H groups in total. The molecule has 0 bridgehead atoms. The Morgan fingerprint density at radius 3 is 2.44 bits per heavy atom. The molecule has 0 heterocycles. The molecule has 0 nitrogen and oxygen atoms in total. The Labute approximate surface area is 106 Å². The molecule has 0 aromatic rings. The average Bonchev–Trinajstić information content (AvgIpc) is 2.34. The van der Waals surface area contributed by atoms with Gasteiger partial charge in [0.05, 0.1) is 2.74 Å². The van der Waals surface area contributed by atoms with Crippen molar-refractivity contribution >= 4 is 0 Å². The summed E-state index contributed by atoms with van der Waals surface area (Å²) in [5, 5.41) is 0. The first kappa shape index (κ1) is 12.0. The maximum Gasteiger partial charge on any atom is 0.0576 e. The van der Waals surface area contributed by atoms with Gasteiger partial charge < -0.3 is 0 Å². The molecule has 0 aromatic carbocycles. The number of unbranched alkanes of at least 4 members (excludes halogenated alkanes) is 3. The molecule has 0 saturated carbocycles. The third-order valence-corrected chi connectivity index (χ3v) is 2.59. The van der Waals surface area contributed by atoms with Crippen LogP contribution in [0.2, 0.25) is 0 Å². The van der Waals surface area contributed by atoms with Crippen LogP contribution in [0.3, 0.4) is 0 Å². The third kappa shape index (κ3) is 10.0. The van der Waals surface area contributed by atoms with Crippen molar-refractivity contribution in [2.24, 2.45) is 0 Å². The summed E-state index contributed by atoms with van der Waals surface area (Å²) in [5.41, 5.74) is 1.18. The monoisotopic (exact) mass is 224 g/mol. The quantitative estimate of drug-likeness (QED) is 0.313. The van der Waals surface area contributed by atoms with Gasteiger partial charge in [-0.15, -0.1) is 0 Å². The van der Waals surface area contributed by atoms with Crippen LogP contribution in [0.4, 0.5) is 0 Å². The Morgan fingerprint density at radius 1 is 1.00 bits per heavy atom. The molecule has 0 heteroatoms. The first-order valence-corrected chi connectivity index (χ1v) is 6.98. The highest BCUT2D eigenvalue weighted by Crippen LogP contribution is 2.13. The van der Waals surface area contributed by atoms with E-state index in [9.17, 15) is 0 Å². The highest BCUT2D eigenvalue weighted by atomic mass is 14.0. The van der Waals surface area contributed by atoms with Crippen molar-refractivity contribution in [3.63, 3.8) is 0 Å². The molecule has 0 spiro atoms. The second-order valence-corrected chi connectivity index (χ2v) is 4.36. The van der Waals surface area contributed by atoms with Crippen molar-refractivity contribution < 1.29 is 2.74 Å². The molecule has 0 saturated heterocycles. The lowest BCUT2D eigenvalue weighted by Crippen LogP contribution is -1.82. The predicted octanol–water partition coefficient (Wildman–Crippen LogP) is 6.04. The van der Waals surface area contributed by atoms with Crippen LogP contribution in [0, 0.1) is 0 Å². The van der Waals surface area contributed by atoms with Gasteiger partial charge in [0.25, 0.3) is 0 Å². The fourth-order valence-electron chi connectivity index (χ4n) is 1.64. The summed E-state index contributed by atoms with van der Waals surface area (Å²) >= 11 is 0. The number of rotatable bonds is 10. The van der Waals surface area contributed by atoms with E-state index in [0.717, 1.165) is 38.2 Å². The molecular weight excluding hydrogens is 192 g/mol. The minimum absolute atomic E-state index is 0.693. The van der Waals surface area contributed by atoms with Gasteiger partial charge in [-0.1, -0.05) is 70.2 Å². The molecule has 0 aliphatic heterocycles. The van der Waals surface area contributed by atoms with Gasteiger partial charge in [0.15, 0.2) is 0 Å². The Bertz CT molecular complexity index is 264. The molecule has 0 radical (unpaired) electrons. The van der Waals surface area contributed by atoms with Gasteiger partial charge in [0.2, 0.25) is 0 Å². The van der Waals surface area contributed by atoms with Crippen molar-refractivity contribution in [2.45, 2.75) is 78.6 Å². The van der Waals surface area contributed by atoms with Crippen LogP contribution in [0.25, 0.3) is 0 Å². The van der Waals surface area contributed by atoms with Crippen LogP contribution in [-0.4, -0.2) is 0 Å². The summed E-state index contributed by atoms with van der Waals surface area (Å²) < 4.78 is 16.0. The number of hydrogen-bond donors (Lipinski definition) is 0. The number of hydrogen-bond acceptors (Lipinski definition) is 0. The topological polar surface area (TPSA) is 0 Å². The fraction of sp³-hybridized carbons (Fsp3) is 0.750. The van der Waals surface area contributed by atoms with Crippen LogP contribution in [0.5, 0.6) is 0 Å². The second-order valence-electron chi connectivity index (χ2n) is 4.36. The van der Waals surface area contributed by atoms with E-state index >= 15 is 0 Å². The van der Waals surface area contributed by atoms with Gasteiger partial charge in [-0.2, -0.15) is 0 Å². The first-order chi connectivity index (χ1) is 8.65. The van der Waals surface area contributed by atoms with E-state index in [-0.39, 0.29) is 0 Å². The molecule has 0 aliphatic rings. The van der Waals surface area contributed by atoms with E-state index in [4.69, 9.17) is 2.74 Å². The lowest BCUT2D eigenvalue weighted by molar-refractivity contribution is 0.728. The van der Waals surface area contributed by atoms with Crippen molar-refractivity contribution in [2.75, 3.05) is 0 Å². The second kappa shape index (κ2) is 12.5. The van der Waals surface area contributed by atoms with Gasteiger partial charge in [-0.3, -0.25) is 0 Å². The fourth-order valence-corrected chi connectivity index (χ4v) is 1.64. The van der Waals surface area contributed by atoms with E-state index in [1.807, 2.05) is 6.08 Å². The zero-order chi connectivity index (χ0) is 13.8. The smallest absolute Gasteiger partial charge is 0.0576 e. The summed E-state index contributed by atoms with van der Waals surface area (Å²) in [6.45, 7) is 6.46. The molecule has 0 aromatic heterocycles. The average molecular weight is 224 g/mol. The molecule has 0 amide bonds. The summed E-state index contributed by atoms with van der Waals surface area (Å²) in [6.07, 6.45) is 11.4. The maximum atomic E-state index is 8.04. The molecule has 0 aliphatic carbocycles. The van der Waals surface area contributed by atoms with Crippen molar-refractivity contribution in [3.05, 3.63) is 23.8 Å². The van der Waals surface area contributed by atoms with E-state index < -0.39 is 0 Å². The SMILES string of the molecule is [2H]C(=CCCCCC)CC(CCC)=C([2H])CCC. The molecular formula is C16H30. The highest BCUT2D eigenvalue weighted by molar-refractivity contribution is 5.07. The predicted molar refractivity (Wildman–Crippen MR) is 75.8 cm³/mol. The molecule has 0 atom stereocenters. The lowest BCUT2D eigenvalue weighted by atomic mass is 10.0. The van der Waals surface area contributed by atoms with Gasteiger partial charge >= 0.3 is 0 Å². The molecule has 94 valence electrons. The first-order valence-electron chi connectivity index (χ1n) is 7.98. The minimum Gasteiger partial charge on any atom is -0.0882 e. The molecule has 0 rings (SSSR count). The Kier molecular flexibility index (Phi) is 9.37. The summed E-state index contributed by atoms with van der Waals surface area (Å²) in [6, 6.07) is 1.47. The Hall–Kier alpha value is -0.520. The van der Waals surface area contributed by atoms with Crippen LogP contribution >= 0.6 is 0 Å². The Morgan fingerprint density at radius 2 is 1.81 bits per heavy atom. The van der Waals surface area contributed by atoms with E-state index in [1.165, 1.54) is 24.8 Å². The van der Waals surface area contributed by atoms with E-state index in [1.54, 1.807) is 0 Å². The maximum absolute atomic E-state index is 8.04. The molecule has 0 fully saturated rings. The zero-order valence-electron chi connectivity index (χ0n) is 13.4. The van der Waals surface area contributed by atoms with E-state index in [2.05, 4.69) is 20.8 Å². The van der Waals surface area contributed by atoms with Crippen LogP contribution in [-0.2, 0) is 0 Å². The van der Waals surface area contributed by atoms with Crippen LogP contribution in [0.1, 0.15) is 81.3 Å². The van der Waals surface area contributed by atoms with Crippen molar-refractivity contribution in [3.8, 4) is 0 Å². The third-order valence-electron chi connectivity index (χ3n) is 2.59. The van der Waals surface area contributed by atoms with Gasteiger partial charge in [-0.25, -0.2) is 0 Å². The largest absolute Gasteiger partial charge is 0.0882 e. The van der Waals surface area contributed by atoms with E-state index in [0.29, 0.717) is 12.5 Å². The summed E-state index contributed by atoms with van der Waals surface area (Å²) in [7, 11) is 0. The van der Waals surface area contributed by atoms with Crippen molar-refractivity contribution in [1.29, 1.82) is 0 Å². The number of allylic oxidation sites excluding steroid dienone is 4.